The minimum atomic E-state index is 0.657. The van der Waals surface area contributed by atoms with Gasteiger partial charge in [0.2, 0.25) is 0 Å². The molecule has 0 fully saturated rings. The van der Waals surface area contributed by atoms with Crippen molar-refractivity contribution in [2.24, 2.45) is 0 Å². The normalized spacial score (nSPS) is 11.6. The highest BCUT2D eigenvalue weighted by Crippen LogP contribution is 2.40. The van der Waals surface area contributed by atoms with Gasteiger partial charge < -0.3 is 4.42 Å². The molecule has 9 rings (SSSR count). The quantitative estimate of drug-likeness (QED) is 0.155. The maximum absolute atomic E-state index is 6.36. The van der Waals surface area contributed by atoms with Crippen LogP contribution in [-0.4, -0.2) is 9.97 Å². The molecule has 0 aliphatic heterocycles. The molecule has 0 bridgehead atoms. The van der Waals surface area contributed by atoms with Crippen LogP contribution in [0.25, 0.3) is 88.5 Å². The summed E-state index contributed by atoms with van der Waals surface area (Å²) in [5, 5.41) is 8.19. The largest absolute Gasteiger partial charge is 0.454 e. The molecule has 0 saturated heterocycles. The van der Waals surface area contributed by atoms with Crippen molar-refractivity contribution in [1.29, 1.82) is 0 Å². The summed E-state index contributed by atoms with van der Waals surface area (Å²) in [5.74, 6) is 1.38. The van der Waals surface area contributed by atoms with Crippen LogP contribution < -0.4 is 0 Å². The van der Waals surface area contributed by atoms with Gasteiger partial charge in [0.15, 0.2) is 11.6 Å². The molecule has 0 atom stereocenters. The second kappa shape index (κ2) is 10.3. The summed E-state index contributed by atoms with van der Waals surface area (Å²) >= 11 is 0. The van der Waals surface area contributed by atoms with Crippen molar-refractivity contribution < 1.29 is 4.42 Å². The fourth-order valence-corrected chi connectivity index (χ4v) is 6.48. The lowest BCUT2D eigenvalue weighted by Crippen LogP contribution is -1.97. The lowest BCUT2D eigenvalue weighted by Gasteiger charge is -2.15. The predicted molar refractivity (Wildman–Crippen MR) is 186 cm³/mol. The van der Waals surface area contributed by atoms with Gasteiger partial charge >= 0.3 is 0 Å². The second-order valence-electron chi connectivity index (χ2n) is 11.4. The standard InChI is InChI=1S/C42H26N2O/c1-2-10-27(11-3-1)28-18-20-30(21-19-28)42-43-37(40-25-32-14-6-9-17-39(32)45-40)26-38(44-42)41-34-16-8-5-13-31(34)24-36-33-15-7-4-12-29(33)22-23-35(36)41/h1-26H. The van der Waals surface area contributed by atoms with E-state index in [1.54, 1.807) is 0 Å². The van der Waals surface area contributed by atoms with E-state index in [9.17, 15) is 0 Å². The molecule has 3 heteroatoms. The number of hydrogen-bond donors (Lipinski definition) is 0. The fourth-order valence-electron chi connectivity index (χ4n) is 6.48. The molecule has 0 unspecified atom stereocenters. The van der Waals surface area contributed by atoms with Crippen LogP contribution in [-0.2, 0) is 0 Å². The molecule has 9 aromatic rings. The molecule has 2 heterocycles. The number of para-hydroxylation sites is 1. The molecule has 0 spiro atoms. The Morgan fingerprint density at radius 1 is 0.378 bits per heavy atom. The second-order valence-corrected chi connectivity index (χ2v) is 11.4. The Morgan fingerprint density at radius 2 is 1.02 bits per heavy atom. The van der Waals surface area contributed by atoms with Crippen molar-refractivity contribution in [3.8, 4) is 45.2 Å². The van der Waals surface area contributed by atoms with E-state index < -0.39 is 0 Å². The first-order valence-electron chi connectivity index (χ1n) is 15.2. The summed E-state index contributed by atoms with van der Waals surface area (Å²) < 4.78 is 6.36. The molecule has 210 valence electrons. The van der Waals surface area contributed by atoms with Gasteiger partial charge in [-0.25, -0.2) is 9.97 Å². The zero-order chi connectivity index (χ0) is 29.7. The molecule has 45 heavy (non-hydrogen) atoms. The van der Waals surface area contributed by atoms with Crippen molar-refractivity contribution in [2.45, 2.75) is 0 Å². The highest BCUT2D eigenvalue weighted by Gasteiger charge is 2.18. The van der Waals surface area contributed by atoms with Crippen LogP contribution in [0.1, 0.15) is 0 Å². The first-order valence-corrected chi connectivity index (χ1v) is 15.2. The Hall–Kier alpha value is -6.06. The maximum atomic E-state index is 6.36. The smallest absolute Gasteiger partial charge is 0.160 e. The number of aromatic nitrogens is 2. The number of fused-ring (bicyclic) bond motifs is 5. The van der Waals surface area contributed by atoms with E-state index >= 15 is 0 Å². The monoisotopic (exact) mass is 574 g/mol. The van der Waals surface area contributed by atoms with Gasteiger partial charge in [-0.05, 0) is 67.7 Å². The zero-order valence-electron chi connectivity index (χ0n) is 24.3. The summed E-state index contributed by atoms with van der Waals surface area (Å²) in [6.07, 6.45) is 0. The number of furan rings is 1. The molecule has 0 N–H and O–H groups in total. The lowest BCUT2D eigenvalue weighted by molar-refractivity contribution is 0.628. The SMILES string of the molecule is c1ccc(-c2ccc(-c3nc(-c4cc5ccccc5o4)cc(-c4c5ccccc5cc5c4ccc4ccccc45)n3)cc2)cc1. The third-order valence-electron chi connectivity index (χ3n) is 8.68. The number of rotatable bonds is 4. The van der Waals surface area contributed by atoms with Crippen molar-refractivity contribution in [2.75, 3.05) is 0 Å². The first-order chi connectivity index (χ1) is 22.3. The maximum Gasteiger partial charge on any atom is 0.160 e. The number of hydrogen-bond acceptors (Lipinski definition) is 3. The number of benzene rings is 7. The van der Waals surface area contributed by atoms with Crippen molar-refractivity contribution in [3.05, 3.63) is 158 Å². The summed E-state index contributed by atoms with van der Waals surface area (Å²) in [7, 11) is 0. The van der Waals surface area contributed by atoms with Crippen LogP contribution in [0, 0.1) is 0 Å². The van der Waals surface area contributed by atoms with Gasteiger partial charge in [-0.1, -0.05) is 133 Å². The van der Waals surface area contributed by atoms with E-state index in [-0.39, 0.29) is 0 Å². The van der Waals surface area contributed by atoms with Gasteiger partial charge in [0.1, 0.15) is 11.3 Å². The van der Waals surface area contributed by atoms with Gasteiger partial charge in [-0.15, -0.1) is 0 Å². The highest BCUT2D eigenvalue weighted by molar-refractivity contribution is 6.19. The van der Waals surface area contributed by atoms with Crippen LogP contribution >= 0.6 is 0 Å². The lowest BCUT2D eigenvalue weighted by atomic mass is 9.91. The van der Waals surface area contributed by atoms with E-state index in [0.29, 0.717) is 5.82 Å². The first kappa shape index (κ1) is 25.4. The Kier molecular flexibility index (Phi) is 5.82. The molecule has 0 radical (unpaired) electrons. The Balaban J connectivity index is 1.32. The van der Waals surface area contributed by atoms with Gasteiger partial charge in [-0.2, -0.15) is 0 Å². The van der Waals surface area contributed by atoms with Crippen LogP contribution in [0.3, 0.4) is 0 Å². The van der Waals surface area contributed by atoms with Gasteiger partial charge in [-0.3, -0.25) is 0 Å². The molecule has 3 nitrogen and oxygen atoms in total. The van der Waals surface area contributed by atoms with E-state index in [4.69, 9.17) is 14.4 Å². The van der Waals surface area contributed by atoms with Crippen LogP contribution in [0.2, 0.25) is 0 Å². The Labute approximate surface area is 260 Å². The van der Waals surface area contributed by atoms with E-state index in [1.807, 2.05) is 24.3 Å². The average molecular weight is 575 g/mol. The fraction of sp³-hybridized carbons (Fsp3) is 0. The minimum absolute atomic E-state index is 0.657. The third-order valence-corrected chi connectivity index (χ3v) is 8.68. The van der Waals surface area contributed by atoms with Crippen LogP contribution in [0.15, 0.2) is 162 Å². The van der Waals surface area contributed by atoms with Crippen molar-refractivity contribution >= 4 is 43.3 Å². The molecule has 0 aliphatic rings. The average Bonchev–Trinajstić information content (AvgIpc) is 3.56. The van der Waals surface area contributed by atoms with Crippen molar-refractivity contribution in [3.63, 3.8) is 0 Å². The molecule has 0 saturated carbocycles. The van der Waals surface area contributed by atoms with E-state index in [0.717, 1.165) is 55.6 Å². The predicted octanol–water partition coefficient (Wildman–Crippen LogP) is 11.4. The Bertz CT molecular complexity index is 2500. The molecule has 7 aromatic carbocycles. The number of nitrogens with zero attached hydrogens (tertiary/aromatic N) is 2. The van der Waals surface area contributed by atoms with Gasteiger partial charge in [0, 0.05) is 16.5 Å². The molecular weight excluding hydrogens is 548 g/mol. The summed E-state index contributed by atoms with van der Waals surface area (Å²) in [6, 6.07) is 55.0. The van der Waals surface area contributed by atoms with Gasteiger partial charge in [0.25, 0.3) is 0 Å². The molecule has 0 amide bonds. The molecular formula is C42H26N2O. The molecule has 0 aliphatic carbocycles. The molecule has 2 aromatic heterocycles. The van der Waals surface area contributed by atoms with E-state index in [2.05, 4.69) is 133 Å². The van der Waals surface area contributed by atoms with Crippen LogP contribution in [0.4, 0.5) is 0 Å². The Morgan fingerprint density at radius 3 is 1.84 bits per heavy atom. The van der Waals surface area contributed by atoms with Crippen LogP contribution in [0.5, 0.6) is 0 Å². The summed E-state index contributed by atoms with van der Waals surface area (Å²) in [5.41, 5.74) is 6.82. The third kappa shape index (κ3) is 4.37. The van der Waals surface area contributed by atoms with E-state index in [1.165, 1.54) is 27.1 Å². The summed E-state index contributed by atoms with van der Waals surface area (Å²) in [4.78, 5) is 10.4. The zero-order valence-corrected chi connectivity index (χ0v) is 24.3. The topological polar surface area (TPSA) is 38.9 Å². The van der Waals surface area contributed by atoms with Crippen molar-refractivity contribution in [1.82, 2.24) is 9.97 Å². The van der Waals surface area contributed by atoms with Gasteiger partial charge in [0.05, 0.1) is 5.69 Å². The minimum Gasteiger partial charge on any atom is -0.454 e. The summed E-state index contributed by atoms with van der Waals surface area (Å²) in [6.45, 7) is 0. The highest BCUT2D eigenvalue weighted by atomic mass is 16.3.